The van der Waals surface area contributed by atoms with Gasteiger partial charge >= 0.3 is 0 Å². The summed E-state index contributed by atoms with van der Waals surface area (Å²) in [5.74, 6) is 0.385. The van der Waals surface area contributed by atoms with Gasteiger partial charge in [-0.1, -0.05) is 35.9 Å². The Morgan fingerprint density at radius 1 is 1.19 bits per heavy atom. The molecule has 4 rings (SSSR count). The topological polar surface area (TPSA) is 55.8 Å². The molecule has 1 saturated heterocycles. The van der Waals surface area contributed by atoms with Crippen molar-refractivity contribution in [3.8, 4) is 5.75 Å². The predicted molar refractivity (Wildman–Crippen MR) is 126 cm³/mol. The summed E-state index contributed by atoms with van der Waals surface area (Å²) in [5.41, 5.74) is 3.54. The van der Waals surface area contributed by atoms with Crippen LogP contribution in [0, 0.1) is 0 Å². The number of piperazine rings is 1. The lowest BCUT2D eigenvalue weighted by Crippen LogP contribution is -2.45. The summed E-state index contributed by atoms with van der Waals surface area (Å²) < 4.78 is 0. The first kappa shape index (κ1) is 21.9. The van der Waals surface area contributed by atoms with E-state index in [-0.39, 0.29) is 11.9 Å². The maximum atomic E-state index is 13.2. The van der Waals surface area contributed by atoms with Crippen molar-refractivity contribution in [3.05, 3.63) is 70.8 Å². The molecule has 0 spiro atoms. The second kappa shape index (κ2) is 9.86. The van der Waals surface area contributed by atoms with Gasteiger partial charge in [0.1, 0.15) is 5.75 Å². The van der Waals surface area contributed by atoms with Crippen LogP contribution in [0.5, 0.6) is 5.75 Å². The van der Waals surface area contributed by atoms with Gasteiger partial charge in [0.05, 0.1) is 11.7 Å². The standard InChI is InChI=1S/C25H30ClN3O2/c1-2-4-18-7-9-23-21(25(18)31)8-10-24(30)29(23)22(19-5-3-6-20(26)17-19)11-14-28-15-12-27-13-16-28/h2-3,5-7,9,17,22,27,31H,1,4,8,10-16H2. The molecule has 1 amide bonds. The van der Waals surface area contributed by atoms with Crippen LogP contribution in [-0.4, -0.2) is 48.6 Å². The number of phenols is 1. The summed E-state index contributed by atoms with van der Waals surface area (Å²) in [6.07, 6.45) is 4.15. The Labute approximate surface area is 189 Å². The zero-order valence-corrected chi connectivity index (χ0v) is 18.6. The monoisotopic (exact) mass is 439 g/mol. The van der Waals surface area contributed by atoms with Crippen LogP contribution in [0.25, 0.3) is 0 Å². The average Bonchev–Trinajstić information content (AvgIpc) is 2.78. The van der Waals surface area contributed by atoms with Crippen LogP contribution < -0.4 is 10.2 Å². The summed E-state index contributed by atoms with van der Waals surface area (Å²) >= 11 is 6.32. The van der Waals surface area contributed by atoms with E-state index in [9.17, 15) is 9.90 Å². The second-order valence-electron chi connectivity index (χ2n) is 8.28. The molecule has 2 N–H and O–H groups in total. The fourth-order valence-corrected chi connectivity index (χ4v) is 4.89. The Balaban J connectivity index is 1.70. The van der Waals surface area contributed by atoms with Crippen molar-refractivity contribution in [2.24, 2.45) is 0 Å². The molecule has 0 radical (unpaired) electrons. The number of rotatable bonds is 7. The summed E-state index contributed by atoms with van der Waals surface area (Å²) in [6.45, 7) is 8.70. The number of nitrogens with one attached hydrogen (secondary N) is 1. The van der Waals surface area contributed by atoms with E-state index >= 15 is 0 Å². The van der Waals surface area contributed by atoms with Gasteiger partial charge in [0, 0.05) is 49.7 Å². The SMILES string of the molecule is C=CCc1ccc2c(c1O)CCC(=O)N2C(CCN1CCNCC1)c1cccc(Cl)c1. The number of amides is 1. The molecule has 2 aromatic rings. The number of halogens is 1. The predicted octanol–water partition coefficient (Wildman–Crippen LogP) is 4.09. The molecule has 164 valence electrons. The Hall–Kier alpha value is -2.34. The van der Waals surface area contributed by atoms with E-state index in [4.69, 9.17) is 11.6 Å². The number of anilines is 1. The molecule has 0 aromatic heterocycles. The third-order valence-corrected chi connectivity index (χ3v) is 6.53. The highest BCUT2D eigenvalue weighted by Crippen LogP contribution is 2.42. The van der Waals surface area contributed by atoms with E-state index in [1.54, 1.807) is 6.08 Å². The summed E-state index contributed by atoms with van der Waals surface area (Å²) in [5, 5.41) is 14.9. The first-order valence-electron chi connectivity index (χ1n) is 11.0. The van der Waals surface area contributed by atoms with E-state index in [1.165, 1.54) is 0 Å². The smallest absolute Gasteiger partial charge is 0.227 e. The van der Waals surface area contributed by atoms with Crippen LogP contribution in [0.3, 0.4) is 0 Å². The van der Waals surface area contributed by atoms with Crippen LogP contribution in [0.1, 0.15) is 35.6 Å². The zero-order valence-electron chi connectivity index (χ0n) is 17.8. The van der Waals surface area contributed by atoms with Crippen LogP contribution in [-0.2, 0) is 17.6 Å². The van der Waals surface area contributed by atoms with Gasteiger partial charge in [-0.15, -0.1) is 6.58 Å². The number of aromatic hydroxyl groups is 1. The molecular formula is C25H30ClN3O2. The van der Waals surface area contributed by atoms with Gasteiger partial charge < -0.3 is 20.2 Å². The zero-order chi connectivity index (χ0) is 21.8. The Morgan fingerprint density at radius 2 is 2.00 bits per heavy atom. The van der Waals surface area contributed by atoms with Crippen molar-refractivity contribution in [1.29, 1.82) is 0 Å². The highest BCUT2D eigenvalue weighted by molar-refractivity contribution is 6.30. The third-order valence-electron chi connectivity index (χ3n) is 6.30. The first-order chi connectivity index (χ1) is 15.1. The number of phenolic OH excluding ortho intramolecular Hbond substituents is 1. The van der Waals surface area contributed by atoms with Crippen LogP contribution in [0.2, 0.25) is 5.02 Å². The van der Waals surface area contributed by atoms with E-state index < -0.39 is 0 Å². The first-order valence-corrected chi connectivity index (χ1v) is 11.4. The molecule has 2 aliphatic rings. The van der Waals surface area contributed by atoms with Gasteiger partial charge in [0.2, 0.25) is 5.91 Å². The number of hydrogen-bond acceptors (Lipinski definition) is 4. The molecule has 0 aliphatic carbocycles. The minimum atomic E-state index is -0.134. The van der Waals surface area contributed by atoms with Crippen LogP contribution in [0.15, 0.2) is 49.1 Å². The van der Waals surface area contributed by atoms with Crippen molar-refractivity contribution in [1.82, 2.24) is 10.2 Å². The lowest BCUT2D eigenvalue weighted by Gasteiger charge is -2.38. The van der Waals surface area contributed by atoms with Crippen molar-refractivity contribution in [2.75, 3.05) is 37.6 Å². The van der Waals surface area contributed by atoms with Crippen LogP contribution >= 0.6 is 11.6 Å². The Bertz CT molecular complexity index is 956. The number of allylic oxidation sites excluding steroid dienone is 1. The minimum absolute atomic E-state index is 0.0913. The number of fused-ring (bicyclic) bond motifs is 1. The van der Waals surface area contributed by atoms with Gasteiger partial charge in [-0.2, -0.15) is 0 Å². The highest BCUT2D eigenvalue weighted by atomic mass is 35.5. The largest absolute Gasteiger partial charge is 0.507 e. The van der Waals surface area contributed by atoms with Crippen molar-refractivity contribution in [2.45, 2.75) is 31.7 Å². The third kappa shape index (κ3) is 4.79. The molecule has 1 atom stereocenters. The average molecular weight is 440 g/mol. The highest BCUT2D eigenvalue weighted by Gasteiger charge is 2.33. The molecule has 1 fully saturated rings. The summed E-state index contributed by atoms with van der Waals surface area (Å²) in [7, 11) is 0. The lowest BCUT2D eigenvalue weighted by atomic mass is 9.92. The fraction of sp³-hybridized carbons (Fsp3) is 0.400. The number of benzene rings is 2. The molecular weight excluding hydrogens is 410 g/mol. The number of carbonyl (C=O) groups excluding carboxylic acids is 1. The molecule has 6 heteroatoms. The molecule has 2 heterocycles. The van der Waals surface area contributed by atoms with Crippen molar-refractivity contribution in [3.63, 3.8) is 0 Å². The number of hydrogen-bond donors (Lipinski definition) is 2. The maximum absolute atomic E-state index is 13.2. The molecule has 31 heavy (non-hydrogen) atoms. The molecule has 0 bridgehead atoms. The fourth-order valence-electron chi connectivity index (χ4n) is 4.69. The Morgan fingerprint density at radius 3 is 2.74 bits per heavy atom. The number of carbonyl (C=O) groups is 1. The molecule has 0 saturated carbocycles. The lowest BCUT2D eigenvalue weighted by molar-refractivity contribution is -0.119. The summed E-state index contributed by atoms with van der Waals surface area (Å²) in [6, 6.07) is 11.6. The molecule has 2 aliphatic heterocycles. The van der Waals surface area contributed by atoms with Gasteiger partial charge in [0.15, 0.2) is 0 Å². The number of nitrogens with zero attached hydrogens (tertiary/aromatic N) is 2. The minimum Gasteiger partial charge on any atom is -0.507 e. The van der Waals surface area contributed by atoms with Gasteiger partial charge in [-0.05, 0) is 48.6 Å². The van der Waals surface area contributed by atoms with E-state index in [1.807, 2.05) is 41.3 Å². The van der Waals surface area contributed by atoms with E-state index in [2.05, 4.69) is 16.8 Å². The second-order valence-corrected chi connectivity index (χ2v) is 8.72. The van der Waals surface area contributed by atoms with Crippen molar-refractivity contribution < 1.29 is 9.90 Å². The molecule has 1 unspecified atom stereocenters. The Kier molecular flexibility index (Phi) is 6.96. The molecule has 5 nitrogen and oxygen atoms in total. The summed E-state index contributed by atoms with van der Waals surface area (Å²) in [4.78, 5) is 17.5. The van der Waals surface area contributed by atoms with Gasteiger partial charge in [-0.3, -0.25) is 4.79 Å². The molecule has 2 aromatic carbocycles. The van der Waals surface area contributed by atoms with E-state index in [0.29, 0.717) is 30.0 Å². The van der Waals surface area contributed by atoms with Gasteiger partial charge in [-0.25, -0.2) is 0 Å². The van der Waals surface area contributed by atoms with E-state index in [0.717, 1.165) is 61.5 Å². The normalized spacial score (nSPS) is 18.0. The quantitative estimate of drug-likeness (QED) is 0.638. The maximum Gasteiger partial charge on any atom is 0.227 e. The van der Waals surface area contributed by atoms with Gasteiger partial charge in [0.25, 0.3) is 0 Å². The van der Waals surface area contributed by atoms with Crippen LogP contribution in [0.4, 0.5) is 5.69 Å². The van der Waals surface area contributed by atoms with Crippen molar-refractivity contribution >= 4 is 23.2 Å².